The fourth-order valence-corrected chi connectivity index (χ4v) is 2.27. The van der Waals surface area contributed by atoms with Gasteiger partial charge in [-0.3, -0.25) is 0 Å². The van der Waals surface area contributed by atoms with Crippen LogP contribution in [0.2, 0.25) is 0 Å². The van der Waals surface area contributed by atoms with E-state index in [1.807, 2.05) is 19.1 Å². The van der Waals surface area contributed by atoms with E-state index in [-0.39, 0.29) is 6.10 Å². The Morgan fingerprint density at radius 1 is 1.47 bits per heavy atom. The Balaban J connectivity index is 2.03. The molecule has 1 unspecified atom stereocenters. The molecule has 2 rings (SSSR count). The number of rotatable bonds is 2. The number of hydrogen-bond donors (Lipinski definition) is 1. The predicted molar refractivity (Wildman–Crippen MR) is 65.6 cm³/mol. The number of aliphatic hydroxyl groups is 1. The van der Waals surface area contributed by atoms with Gasteiger partial charge in [-0.2, -0.15) is 5.26 Å². The smallest absolute Gasteiger partial charge is 0.142 e. The van der Waals surface area contributed by atoms with Crippen molar-refractivity contribution in [2.24, 2.45) is 5.92 Å². The summed E-state index contributed by atoms with van der Waals surface area (Å²) in [5.41, 5.74) is 0.458. The van der Waals surface area contributed by atoms with Gasteiger partial charge in [-0.05, 0) is 37.8 Å². The second-order valence-corrected chi connectivity index (χ2v) is 4.56. The quantitative estimate of drug-likeness (QED) is 0.839. The third kappa shape index (κ3) is 2.75. The summed E-state index contributed by atoms with van der Waals surface area (Å²) in [5, 5.41) is 18.4. The van der Waals surface area contributed by atoms with E-state index in [1.54, 1.807) is 6.07 Å². The Morgan fingerprint density at radius 3 is 2.76 bits per heavy atom. The summed E-state index contributed by atoms with van der Waals surface area (Å²) < 4.78 is 0. The van der Waals surface area contributed by atoms with Gasteiger partial charge < -0.3 is 10.0 Å². The van der Waals surface area contributed by atoms with Crippen molar-refractivity contribution < 1.29 is 5.11 Å². The van der Waals surface area contributed by atoms with Crippen LogP contribution in [0.15, 0.2) is 18.2 Å². The summed E-state index contributed by atoms with van der Waals surface area (Å²) in [4.78, 5) is 6.47. The van der Waals surface area contributed by atoms with E-state index in [9.17, 15) is 5.11 Å². The van der Waals surface area contributed by atoms with Crippen LogP contribution in [-0.4, -0.2) is 29.3 Å². The molecular weight excluding hydrogens is 214 g/mol. The van der Waals surface area contributed by atoms with Crippen molar-refractivity contribution in [3.05, 3.63) is 23.9 Å². The van der Waals surface area contributed by atoms with Gasteiger partial charge in [0.25, 0.3) is 0 Å². The Labute approximate surface area is 102 Å². The molecule has 4 nitrogen and oxygen atoms in total. The summed E-state index contributed by atoms with van der Waals surface area (Å²) in [6, 6.07) is 7.57. The average Bonchev–Trinajstić information content (AvgIpc) is 2.39. The van der Waals surface area contributed by atoms with Crippen LogP contribution in [0.5, 0.6) is 0 Å². The number of piperidine rings is 1. The minimum Gasteiger partial charge on any atom is -0.393 e. The molecule has 1 aromatic heterocycles. The zero-order valence-electron chi connectivity index (χ0n) is 10.0. The highest BCUT2D eigenvalue weighted by Gasteiger charge is 2.23. The van der Waals surface area contributed by atoms with Crippen LogP contribution in [0.25, 0.3) is 0 Å². The van der Waals surface area contributed by atoms with Crippen molar-refractivity contribution in [1.29, 1.82) is 5.26 Å². The summed E-state index contributed by atoms with van der Waals surface area (Å²) in [6.45, 7) is 3.66. The topological polar surface area (TPSA) is 60.1 Å². The maximum absolute atomic E-state index is 9.54. The number of nitrogens with zero attached hydrogens (tertiary/aromatic N) is 3. The highest BCUT2D eigenvalue weighted by molar-refractivity contribution is 5.41. The molecule has 1 aromatic rings. The van der Waals surface area contributed by atoms with Gasteiger partial charge in [-0.1, -0.05) is 6.07 Å². The minimum absolute atomic E-state index is 0.226. The lowest BCUT2D eigenvalue weighted by molar-refractivity contribution is 0.110. The summed E-state index contributed by atoms with van der Waals surface area (Å²) in [5.74, 6) is 1.26. The second kappa shape index (κ2) is 5.15. The Kier molecular flexibility index (Phi) is 3.60. The van der Waals surface area contributed by atoms with Gasteiger partial charge in [-0.15, -0.1) is 0 Å². The van der Waals surface area contributed by atoms with Crippen molar-refractivity contribution in [3.8, 4) is 6.07 Å². The standard InChI is InChI=1S/C13H17N3O/c1-10(17)11-5-7-16(8-6-11)13-4-2-3-12(9-14)15-13/h2-4,10-11,17H,5-8H2,1H3. The van der Waals surface area contributed by atoms with Crippen molar-refractivity contribution in [2.75, 3.05) is 18.0 Å². The minimum atomic E-state index is -0.226. The summed E-state index contributed by atoms with van der Waals surface area (Å²) in [6.07, 6.45) is 1.74. The van der Waals surface area contributed by atoms with E-state index in [0.29, 0.717) is 11.6 Å². The highest BCUT2D eigenvalue weighted by atomic mass is 16.3. The summed E-state index contributed by atoms with van der Waals surface area (Å²) in [7, 11) is 0. The van der Waals surface area contributed by atoms with Gasteiger partial charge in [0.05, 0.1) is 6.10 Å². The van der Waals surface area contributed by atoms with E-state index >= 15 is 0 Å². The zero-order valence-corrected chi connectivity index (χ0v) is 10.0. The third-order valence-electron chi connectivity index (χ3n) is 3.39. The molecule has 17 heavy (non-hydrogen) atoms. The van der Waals surface area contributed by atoms with Gasteiger partial charge in [0.15, 0.2) is 0 Å². The largest absolute Gasteiger partial charge is 0.393 e. The van der Waals surface area contributed by atoms with Gasteiger partial charge in [0, 0.05) is 13.1 Å². The number of aliphatic hydroxyl groups excluding tert-OH is 1. The molecule has 1 atom stereocenters. The first-order chi connectivity index (χ1) is 8.20. The molecule has 0 saturated carbocycles. The lowest BCUT2D eigenvalue weighted by Gasteiger charge is -2.34. The first-order valence-corrected chi connectivity index (χ1v) is 6.01. The lowest BCUT2D eigenvalue weighted by Crippen LogP contribution is -2.37. The molecular formula is C13H17N3O. The number of hydrogen-bond acceptors (Lipinski definition) is 4. The predicted octanol–water partition coefficient (Wildman–Crippen LogP) is 1.55. The van der Waals surface area contributed by atoms with Crippen LogP contribution >= 0.6 is 0 Å². The van der Waals surface area contributed by atoms with E-state index in [0.717, 1.165) is 31.7 Å². The number of aromatic nitrogens is 1. The monoisotopic (exact) mass is 231 g/mol. The highest BCUT2D eigenvalue weighted by Crippen LogP contribution is 2.24. The molecule has 1 saturated heterocycles. The van der Waals surface area contributed by atoms with Crippen LogP contribution in [0.4, 0.5) is 5.82 Å². The fraction of sp³-hybridized carbons (Fsp3) is 0.538. The second-order valence-electron chi connectivity index (χ2n) is 4.56. The number of anilines is 1. The van der Waals surface area contributed by atoms with Crippen LogP contribution in [0.1, 0.15) is 25.5 Å². The van der Waals surface area contributed by atoms with Crippen LogP contribution in [0.3, 0.4) is 0 Å². The molecule has 1 N–H and O–H groups in total. The fourth-order valence-electron chi connectivity index (χ4n) is 2.27. The number of nitriles is 1. The molecule has 0 amide bonds. The number of pyridine rings is 1. The van der Waals surface area contributed by atoms with Crippen molar-refractivity contribution in [3.63, 3.8) is 0 Å². The Morgan fingerprint density at radius 2 is 2.18 bits per heavy atom. The molecule has 0 spiro atoms. The first kappa shape index (κ1) is 11.9. The van der Waals surface area contributed by atoms with E-state index < -0.39 is 0 Å². The Hall–Kier alpha value is -1.60. The average molecular weight is 231 g/mol. The van der Waals surface area contributed by atoms with Crippen LogP contribution < -0.4 is 4.90 Å². The third-order valence-corrected chi connectivity index (χ3v) is 3.39. The van der Waals surface area contributed by atoms with Gasteiger partial charge in [0.2, 0.25) is 0 Å². The molecule has 0 bridgehead atoms. The zero-order chi connectivity index (χ0) is 12.3. The van der Waals surface area contributed by atoms with Crippen molar-refractivity contribution in [2.45, 2.75) is 25.9 Å². The SMILES string of the molecule is CC(O)C1CCN(c2cccc(C#N)n2)CC1. The van der Waals surface area contributed by atoms with Gasteiger partial charge in [0.1, 0.15) is 17.6 Å². The lowest BCUT2D eigenvalue weighted by atomic mass is 9.92. The molecule has 4 heteroatoms. The maximum atomic E-state index is 9.54. The van der Waals surface area contributed by atoms with Crippen LogP contribution in [0, 0.1) is 17.2 Å². The van der Waals surface area contributed by atoms with Crippen molar-refractivity contribution in [1.82, 2.24) is 4.98 Å². The van der Waals surface area contributed by atoms with Crippen molar-refractivity contribution >= 4 is 5.82 Å². The van der Waals surface area contributed by atoms with Gasteiger partial charge >= 0.3 is 0 Å². The molecule has 0 aromatic carbocycles. The Bertz CT molecular complexity index is 417. The molecule has 2 heterocycles. The van der Waals surface area contributed by atoms with Crippen LogP contribution in [-0.2, 0) is 0 Å². The first-order valence-electron chi connectivity index (χ1n) is 6.01. The van der Waals surface area contributed by atoms with Gasteiger partial charge in [-0.25, -0.2) is 4.98 Å². The molecule has 1 fully saturated rings. The van der Waals surface area contributed by atoms with E-state index in [2.05, 4.69) is 16.0 Å². The molecule has 90 valence electrons. The molecule has 1 aliphatic heterocycles. The normalized spacial score (nSPS) is 18.8. The molecule has 0 radical (unpaired) electrons. The van der Waals surface area contributed by atoms with E-state index in [1.165, 1.54) is 0 Å². The molecule has 0 aliphatic carbocycles. The summed E-state index contributed by atoms with van der Waals surface area (Å²) >= 11 is 0. The van der Waals surface area contributed by atoms with E-state index in [4.69, 9.17) is 5.26 Å². The molecule has 1 aliphatic rings. The maximum Gasteiger partial charge on any atom is 0.142 e.